The Labute approximate surface area is 136 Å². The van der Waals surface area contributed by atoms with Gasteiger partial charge in [-0.05, 0) is 0 Å². The molecule has 0 aliphatic heterocycles. The third-order valence-corrected chi connectivity index (χ3v) is 2.57. The molecule has 0 saturated carbocycles. The molecule has 0 spiro atoms. The number of allylic oxidation sites excluding steroid dienone is 4. The average molecular weight is 338 g/mol. The minimum Gasteiger partial charge on any atom is -0.552 e. The van der Waals surface area contributed by atoms with E-state index in [2.05, 4.69) is 24.3 Å². The van der Waals surface area contributed by atoms with Crippen LogP contribution < -0.4 is 0 Å². The van der Waals surface area contributed by atoms with Crippen LogP contribution in [0.25, 0.3) is 0 Å². The largest absolute Gasteiger partial charge is 2.00 e. The summed E-state index contributed by atoms with van der Waals surface area (Å²) in [5.74, 6) is 1.00. The molecule has 0 atom stereocenters. The number of rotatable bonds is 6. The molecular weight excluding hydrogens is 315 g/mol. The van der Waals surface area contributed by atoms with Gasteiger partial charge in [0, 0.05) is 25.0 Å². The molecule has 2 rings (SSSR count). The van der Waals surface area contributed by atoms with Crippen molar-refractivity contribution in [1.82, 2.24) is 0 Å². The zero-order valence-corrected chi connectivity index (χ0v) is 14.1. The molecule has 2 aliphatic rings. The quantitative estimate of drug-likeness (QED) is 0.685. The second kappa shape index (κ2) is 12.8. The van der Waals surface area contributed by atoms with Crippen LogP contribution in [0.3, 0.4) is 0 Å². The van der Waals surface area contributed by atoms with Crippen molar-refractivity contribution in [1.29, 1.82) is 0 Å². The molecule has 3 heteroatoms. The van der Waals surface area contributed by atoms with Crippen LogP contribution in [-0.4, -0.2) is 13.2 Å². The van der Waals surface area contributed by atoms with Crippen LogP contribution in [0.5, 0.6) is 0 Å². The Kier molecular flexibility index (Phi) is 12.6. The first-order valence-electron chi connectivity index (χ1n) is 6.35. The van der Waals surface area contributed by atoms with Gasteiger partial charge in [-0.3, -0.25) is 0 Å². The standard InChI is InChI=1S/2C8H11O.Zr/c2*1-2-9-7-8-5-3-4-6-8;/h2*2-6,8H,7H2,1H3;/q2*-1;+2. The Bertz CT molecular complexity index is 263. The molecule has 0 aromatic heterocycles. The predicted octanol–water partition coefficient (Wildman–Crippen LogP) is 3.85. The van der Waals surface area contributed by atoms with Gasteiger partial charge in [-0.1, -0.05) is 48.6 Å². The number of hydrogen-bond donors (Lipinski definition) is 0. The van der Waals surface area contributed by atoms with Crippen molar-refractivity contribution in [3.63, 3.8) is 0 Å². The molecular formula is C16H22O2Zr. The second-order valence-electron chi connectivity index (χ2n) is 4.01. The summed E-state index contributed by atoms with van der Waals surface area (Å²) in [6.45, 7) is 8.79. The fourth-order valence-corrected chi connectivity index (χ4v) is 1.59. The molecule has 0 radical (unpaired) electrons. The average Bonchev–Trinajstić information content (AvgIpc) is 3.07. The van der Waals surface area contributed by atoms with Crippen molar-refractivity contribution in [2.24, 2.45) is 11.8 Å². The normalized spacial score (nSPS) is 16.5. The van der Waals surface area contributed by atoms with E-state index in [0.29, 0.717) is 11.8 Å². The second-order valence-corrected chi connectivity index (χ2v) is 4.01. The Morgan fingerprint density at radius 1 is 0.737 bits per heavy atom. The molecule has 0 aromatic carbocycles. The molecule has 0 unspecified atom stereocenters. The van der Waals surface area contributed by atoms with Gasteiger partial charge in [-0.2, -0.15) is 13.8 Å². The Hall–Kier alpha value is -0.237. The summed E-state index contributed by atoms with van der Waals surface area (Å²) in [5.41, 5.74) is 0. The van der Waals surface area contributed by atoms with E-state index in [9.17, 15) is 0 Å². The van der Waals surface area contributed by atoms with Gasteiger partial charge in [0.1, 0.15) is 0 Å². The fourth-order valence-electron chi connectivity index (χ4n) is 1.59. The van der Waals surface area contributed by atoms with Crippen molar-refractivity contribution >= 4 is 0 Å². The summed E-state index contributed by atoms with van der Waals surface area (Å²) >= 11 is 0. The van der Waals surface area contributed by atoms with E-state index in [4.69, 9.17) is 9.47 Å². The molecule has 0 fully saturated rings. The van der Waals surface area contributed by atoms with Crippen LogP contribution in [0.4, 0.5) is 0 Å². The summed E-state index contributed by atoms with van der Waals surface area (Å²) < 4.78 is 10.2. The van der Waals surface area contributed by atoms with Gasteiger partial charge >= 0.3 is 26.2 Å². The maximum atomic E-state index is 5.09. The SMILES string of the molecule is C[CH-]OCC1C=CC=C1.C[CH-]OCC1C=CC=C1.[Zr+2]. The topological polar surface area (TPSA) is 18.5 Å². The van der Waals surface area contributed by atoms with Gasteiger partial charge in [-0.25, -0.2) is 13.2 Å². The molecule has 2 aliphatic carbocycles. The molecule has 0 heterocycles. The summed E-state index contributed by atoms with van der Waals surface area (Å²) in [5, 5.41) is 0. The summed E-state index contributed by atoms with van der Waals surface area (Å²) in [7, 11) is 0. The zero-order valence-electron chi connectivity index (χ0n) is 11.7. The first kappa shape index (κ1) is 18.8. The van der Waals surface area contributed by atoms with Crippen molar-refractivity contribution in [3.8, 4) is 0 Å². The predicted molar refractivity (Wildman–Crippen MR) is 75.4 cm³/mol. The third-order valence-electron chi connectivity index (χ3n) is 2.57. The van der Waals surface area contributed by atoms with Gasteiger partial charge < -0.3 is 9.47 Å². The minimum atomic E-state index is 0. The maximum Gasteiger partial charge on any atom is 2.00 e. The van der Waals surface area contributed by atoms with Gasteiger partial charge in [0.2, 0.25) is 0 Å². The molecule has 102 valence electrons. The van der Waals surface area contributed by atoms with E-state index in [0.717, 1.165) is 13.2 Å². The van der Waals surface area contributed by atoms with Crippen LogP contribution in [0.2, 0.25) is 0 Å². The smallest absolute Gasteiger partial charge is 0.552 e. The third kappa shape index (κ3) is 9.32. The summed E-state index contributed by atoms with van der Waals surface area (Å²) in [6.07, 6.45) is 16.7. The van der Waals surface area contributed by atoms with Crippen molar-refractivity contribution < 1.29 is 35.7 Å². The Balaban J connectivity index is 0.000000324. The Morgan fingerprint density at radius 2 is 1.05 bits per heavy atom. The Morgan fingerprint density at radius 3 is 1.32 bits per heavy atom. The van der Waals surface area contributed by atoms with Gasteiger partial charge in [0.25, 0.3) is 0 Å². The van der Waals surface area contributed by atoms with Crippen molar-refractivity contribution in [2.75, 3.05) is 13.2 Å². The molecule has 0 saturated heterocycles. The van der Waals surface area contributed by atoms with Crippen LogP contribution in [-0.2, 0) is 35.7 Å². The minimum absolute atomic E-state index is 0. The van der Waals surface area contributed by atoms with E-state index in [1.54, 1.807) is 13.2 Å². The van der Waals surface area contributed by atoms with Crippen molar-refractivity contribution in [3.05, 3.63) is 61.8 Å². The summed E-state index contributed by atoms with van der Waals surface area (Å²) in [4.78, 5) is 0. The zero-order chi connectivity index (χ0) is 13.1. The molecule has 0 amide bonds. The molecule has 0 N–H and O–H groups in total. The molecule has 0 aromatic rings. The summed E-state index contributed by atoms with van der Waals surface area (Å²) in [6, 6.07) is 0. The van der Waals surface area contributed by atoms with Crippen molar-refractivity contribution in [2.45, 2.75) is 13.8 Å². The molecule has 19 heavy (non-hydrogen) atoms. The van der Waals surface area contributed by atoms with E-state index in [-0.39, 0.29) is 26.2 Å². The maximum absolute atomic E-state index is 5.09. The van der Waals surface area contributed by atoms with Gasteiger partial charge in [0.05, 0.1) is 0 Å². The van der Waals surface area contributed by atoms with Crippen LogP contribution in [0.15, 0.2) is 48.6 Å². The number of ether oxygens (including phenoxy) is 2. The van der Waals surface area contributed by atoms with Gasteiger partial charge in [-0.15, -0.1) is 0 Å². The first-order valence-corrected chi connectivity index (χ1v) is 6.35. The number of hydrogen-bond acceptors (Lipinski definition) is 2. The van der Waals surface area contributed by atoms with E-state index in [1.165, 1.54) is 0 Å². The van der Waals surface area contributed by atoms with Crippen LogP contribution >= 0.6 is 0 Å². The first-order chi connectivity index (χ1) is 8.86. The molecule has 2 nitrogen and oxygen atoms in total. The van der Waals surface area contributed by atoms with E-state index < -0.39 is 0 Å². The van der Waals surface area contributed by atoms with E-state index >= 15 is 0 Å². The van der Waals surface area contributed by atoms with Crippen LogP contribution in [0.1, 0.15) is 13.8 Å². The monoisotopic (exact) mass is 336 g/mol. The van der Waals surface area contributed by atoms with E-state index in [1.807, 2.05) is 38.2 Å². The van der Waals surface area contributed by atoms with Crippen LogP contribution in [0, 0.1) is 25.0 Å². The molecule has 0 bridgehead atoms. The van der Waals surface area contributed by atoms with Gasteiger partial charge in [0.15, 0.2) is 0 Å². The fraction of sp³-hybridized carbons (Fsp3) is 0.375.